The van der Waals surface area contributed by atoms with Crippen molar-refractivity contribution < 1.29 is 13.9 Å². The maximum atomic E-state index is 13.7. The average molecular weight is 459 g/mol. The maximum absolute atomic E-state index is 13.7. The lowest BCUT2D eigenvalue weighted by Gasteiger charge is -2.10. The van der Waals surface area contributed by atoms with E-state index < -0.39 is 0 Å². The first kappa shape index (κ1) is 20.8. The number of halogens is 1. The Kier molecular flexibility index (Phi) is 5.58. The molecule has 2 heterocycles. The molecule has 3 aromatic carbocycles. The van der Waals surface area contributed by atoms with Gasteiger partial charge in [-0.25, -0.2) is 9.49 Å². The fourth-order valence-corrected chi connectivity index (χ4v) is 4.77. The van der Waals surface area contributed by atoms with Crippen molar-refractivity contribution in [1.82, 2.24) is 20.6 Å². The van der Waals surface area contributed by atoms with Gasteiger partial charge < -0.3 is 9.47 Å². The summed E-state index contributed by atoms with van der Waals surface area (Å²) >= 11 is 1.59. The smallest absolute Gasteiger partial charge is 0.172 e. The first-order valence-electron chi connectivity index (χ1n) is 10.2. The van der Waals surface area contributed by atoms with E-state index in [-0.39, 0.29) is 5.82 Å². The third-order valence-electron chi connectivity index (χ3n) is 5.18. The second kappa shape index (κ2) is 8.84. The van der Waals surface area contributed by atoms with Gasteiger partial charge in [0.2, 0.25) is 0 Å². The number of aromatic amines is 1. The van der Waals surface area contributed by atoms with Gasteiger partial charge >= 0.3 is 0 Å². The second-order valence-corrected chi connectivity index (χ2v) is 8.42. The van der Waals surface area contributed by atoms with E-state index in [9.17, 15) is 4.39 Å². The number of nitrogens with one attached hydrogen (secondary N) is 1. The topological polar surface area (TPSA) is 72.9 Å². The highest BCUT2D eigenvalue weighted by molar-refractivity contribution is 7.22. The lowest BCUT2D eigenvalue weighted by molar-refractivity contribution is 0.415. The molecule has 1 N–H and O–H groups in total. The van der Waals surface area contributed by atoms with Crippen LogP contribution >= 0.6 is 11.3 Å². The number of H-pyrrole nitrogens is 1. The summed E-state index contributed by atoms with van der Waals surface area (Å²) in [6, 6.07) is 18.4. The van der Waals surface area contributed by atoms with E-state index in [1.165, 1.54) is 12.1 Å². The summed E-state index contributed by atoms with van der Waals surface area (Å²) in [5.41, 5.74) is 2.76. The molecule has 0 saturated carbocycles. The SMILES string of the molecule is COc1ccc2c(Oc3ccc(C=Cc4nnn[nH]4)cc3)c(-c3ccc(F)cc3C)sc2c1. The number of nitrogens with zero attached hydrogens (tertiary/aromatic N) is 3. The van der Waals surface area contributed by atoms with Crippen molar-refractivity contribution in [2.24, 2.45) is 0 Å². The number of ether oxygens (including phenoxy) is 2. The van der Waals surface area contributed by atoms with Crippen LogP contribution < -0.4 is 9.47 Å². The van der Waals surface area contributed by atoms with Crippen molar-refractivity contribution in [1.29, 1.82) is 0 Å². The van der Waals surface area contributed by atoms with E-state index in [0.717, 1.165) is 43.2 Å². The summed E-state index contributed by atoms with van der Waals surface area (Å²) in [7, 11) is 1.64. The number of benzene rings is 3. The molecule has 0 aliphatic carbocycles. The highest BCUT2D eigenvalue weighted by Gasteiger charge is 2.18. The summed E-state index contributed by atoms with van der Waals surface area (Å²) in [5.74, 6) is 2.53. The number of fused-ring (bicyclic) bond motifs is 1. The molecule has 0 radical (unpaired) electrons. The second-order valence-electron chi connectivity index (χ2n) is 7.37. The van der Waals surface area contributed by atoms with Crippen molar-refractivity contribution in [3.8, 4) is 27.7 Å². The molecule has 0 atom stereocenters. The lowest BCUT2D eigenvalue weighted by atomic mass is 10.1. The fourth-order valence-electron chi connectivity index (χ4n) is 3.52. The third kappa shape index (κ3) is 4.33. The largest absolute Gasteiger partial charge is 0.497 e. The highest BCUT2D eigenvalue weighted by atomic mass is 32.1. The molecule has 0 saturated heterocycles. The summed E-state index contributed by atoms with van der Waals surface area (Å²) < 4.78 is 26.6. The molecule has 0 bridgehead atoms. The first-order valence-corrected chi connectivity index (χ1v) is 11.0. The first-order chi connectivity index (χ1) is 16.1. The number of aromatic nitrogens is 4. The van der Waals surface area contributed by atoms with Gasteiger partial charge in [0.05, 0.1) is 12.0 Å². The van der Waals surface area contributed by atoms with Gasteiger partial charge in [0, 0.05) is 10.1 Å². The molecular formula is C25H19FN4O2S. The average Bonchev–Trinajstić information content (AvgIpc) is 3.46. The molecule has 5 aromatic rings. The van der Waals surface area contributed by atoms with Crippen molar-refractivity contribution in [3.05, 3.63) is 83.4 Å². The molecule has 5 rings (SSSR count). The van der Waals surface area contributed by atoms with Crippen LogP contribution in [0.5, 0.6) is 17.2 Å². The summed E-state index contributed by atoms with van der Waals surface area (Å²) in [6.45, 7) is 1.90. The van der Waals surface area contributed by atoms with Gasteiger partial charge in [0.1, 0.15) is 17.3 Å². The van der Waals surface area contributed by atoms with E-state index in [1.54, 1.807) is 30.6 Å². The number of hydrogen-bond acceptors (Lipinski definition) is 6. The quantitative estimate of drug-likeness (QED) is 0.314. The van der Waals surface area contributed by atoms with Crippen molar-refractivity contribution in [2.75, 3.05) is 7.11 Å². The molecule has 8 heteroatoms. The Hall–Kier alpha value is -4.04. The minimum absolute atomic E-state index is 0.258. The molecule has 0 spiro atoms. The number of tetrazole rings is 1. The zero-order valence-electron chi connectivity index (χ0n) is 17.9. The fraction of sp³-hybridized carbons (Fsp3) is 0.0800. The Bertz CT molecular complexity index is 1440. The molecule has 2 aromatic heterocycles. The van der Waals surface area contributed by atoms with Crippen molar-refractivity contribution >= 4 is 33.6 Å². The van der Waals surface area contributed by atoms with Crippen molar-refractivity contribution in [2.45, 2.75) is 6.92 Å². The van der Waals surface area contributed by atoms with E-state index in [1.807, 2.05) is 55.5 Å². The number of hydrogen-bond donors (Lipinski definition) is 1. The molecule has 33 heavy (non-hydrogen) atoms. The zero-order chi connectivity index (χ0) is 22.8. The predicted octanol–water partition coefficient (Wildman–Crippen LogP) is 6.50. The maximum Gasteiger partial charge on any atom is 0.172 e. The molecule has 6 nitrogen and oxygen atoms in total. The third-order valence-corrected chi connectivity index (χ3v) is 6.35. The van der Waals surface area contributed by atoms with Gasteiger partial charge in [-0.15, -0.1) is 16.4 Å². The number of rotatable bonds is 6. The Morgan fingerprint density at radius 2 is 1.79 bits per heavy atom. The van der Waals surface area contributed by atoms with Crippen LogP contribution in [0, 0.1) is 12.7 Å². The number of methoxy groups -OCH3 is 1. The molecule has 0 aliphatic rings. The Morgan fingerprint density at radius 1 is 0.970 bits per heavy atom. The minimum Gasteiger partial charge on any atom is -0.497 e. The van der Waals surface area contributed by atoms with E-state index >= 15 is 0 Å². The molecule has 0 amide bonds. The lowest BCUT2D eigenvalue weighted by Crippen LogP contribution is -1.88. The minimum atomic E-state index is -0.258. The molecular weight excluding hydrogens is 439 g/mol. The van der Waals surface area contributed by atoms with Crippen LogP contribution in [0.1, 0.15) is 17.0 Å². The standard InChI is InChI=1S/C25H19FN4O2S/c1-15-13-17(26)6-10-20(15)25-24(21-11-9-19(31-2)14-22(21)33-25)32-18-7-3-16(4-8-18)5-12-23-27-29-30-28-23/h3-14H,1-2H3,(H,27,28,29,30). The zero-order valence-corrected chi connectivity index (χ0v) is 18.7. The Labute approximate surface area is 193 Å². The number of aryl methyl sites for hydroxylation is 1. The van der Waals surface area contributed by atoms with E-state index in [0.29, 0.717) is 11.6 Å². The summed E-state index contributed by atoms with van der Waals surface area (Å²) in [6.07, 6.45) is 3.70. The van der Waals surface area contributed by atoms with Gasteiger partial charge in [-0.05, 0) is 82.6 Å². The Morgan fingerprint density at radius 3 is 2.52 bits per heavy atom. The van der Waals surface area contributed by atoms with Crippen LogP contribution in [-0.2, 0) is 0 Å². The van der Waals surface area contributed by atoms with Crippen LogP contribution in [0.4, 0.5) is 4.39 Å². The van der Waals surface area contributed by atoms with Gasteiger partial charge in [-0.2, -0.15) is 0 Å². The molecule has 0 fully saturated rings. The summed E-state index contributed by atoms with van der Waals surface area (Å²) in [4.78, 5) is 0.942. The van der Waals surface area contributed by atoms with Crippen LogP contribution in [0.3, 0.4) is 0 Å². The normalized spacial score (nSPS) is 11.4. The van der Waals surface area contributed by atoms with Gasteiger partial charge in [0.25, 0.3) is 0 Å². The van der Waals surface area contributed by atoms with E-state index in [2.05, 4.69) is 20.6 Å². The van der Waals surface area contributed by atoms with Gasteiger partial charge in [0.15, 0.2) is 11.6 Å². The van der Waals surface area contributed by atoms with Gasteiger partial charge in [-0.1, -0.05) is 24.3 Å². The summed E-state index contributed by atoms with van der Waals surface area (Å²) in [5, 5.41) is 14.6. The predicted molar refractivity (Wildman–Crippen MR) is 128 cm³/mol. The molecule has 0 unspecified atom stereocenters. The molecule has 0 aliphatic heterocycles. The van der Waals surface area contributed by atoms with Gasteiger partial charge in [-0.3, -0.25) is 0 Å². The van der Waals surface area contributed by atoms with E-state index in [4.69, 9.17) is 9.47 Å². The monoisotopic (exact) mass is 458 g/mol. The van der Waals surface area contributed by atoms with Crippen LogP contribution in [0.2, 0.25) is 0 Å². The highest BCUT2D eigenvalue weighted by Crippen LogP contribution is 2.48. The van der Waals surface area contributed by atoms with Crippen molar-refractivity contribution in [3.63, 3.8) is 0 Å². The van der Waals surface area contributed by atoms with Crippen LogP contribution in [0.15, 0.2) is 60.7 Å². The number of thiophene rings is 1. The van der Waals surface area contributed by atoms with Crippen LogP contribution in [0.25, 0.3) is 32.7 Å². The Balaban J connectivity index is 1.52. The molecule has 164 valence electrons. The van der Waals surface area contributed by atoms with Crippen LogP contribution in [-0.4, -0.2) is 27.7 Å².